The summed E-state index contributed by atoms with van der Waals surface area (Å²) in [7, 11) is 0. The number of rotatable bonds is 4. The van der Waals surface area contributed by atoms with Crippen LogP contribution < -0.4 is 10.1 Å². The van der Waals surface area contributed by atoms with Crippen molar-refractivity contribution in [3.05, 3.63) is 59.7 Å². The Kier molecular flexibility index (Phi) is 4.14. The second-order valence-electron chi connectivity index (χ2n) is 5.86. The van der Waals surface area contributed by atoms with Gasteiger partial charge in [0.05, 0.1) is 12.6 Å². The molecule has 2 aromatic carbocycles. The number of ether oxygens (including phenoxy) is 1. The van der Waals surface area contributed by atoms with Gasteiger partial charge in [-0.2, -0.15) is 0 Å². The number of fused-ring (bicyclic) bond motifs is 1. The third kappa shape index (κ3) is 2.90. The lowest BCUT2D eigenvalue weighted by atomic mass is 9.91. The Hall–Kier alpha value is -1.96. The Balaban J connectivity index is 1.91. The summed E-state index contributed by atoms with van der Waals surface area (Å²) < 4.78 is 5.84. The molecule has 0 saturated carbocycles. The van der Waals surface area contributed by atoms with Gasteiger partial charge in [0.2, 0.25) is 0 Å². The zero-order chi connectivity index (χ0) is 14.7. The van der Waals surface area contributed by atoms with Crippen molar-refractivity contribution < 1.29 is 4.74 Å². The summed E-state index contributed by atoms with van der Waals surface area (Å²) in [5.74, 6) is 1.47. The molecule has 21 heavy (non-hydrogen) atoms. The minimum atomic E-state index is 0.313. The van der Waals surface area contributed by atoms with E-state index in [1.165, 1.54) is 23.2 Å². The molecule has 1 aliphatic rings. The van der Waals surface area contributed by atoms with Gasteiger partial charge in [-0.1, -0.05) is 56.7 Å². The standard InChI is InChI=1S/C19H23NO/c1-3-8-15-9-4-6-11-17(15)20-19-14(2)13-21-18-12-7-5-10-16(18)19/h4-7,9-12,14,19-20H,3,8,13H2,1-2H3. The first-order valence-electron chi connectivity index (χ1n) is 7.85. The quantitative estimate of drug-likeness (QED) is 0.867. The first-order chi connectivity index (χ1) is 10.3. The van der Waals surface area contributed by atoms with Crippen molar-refractivity contribution in [3.8, 4) is 5.75 Å². The van der Waals surface area contributed by atoms with E-state index >= 15 is 0 Å². The molecule has 1 N–H and O–H groups in total. The lowest BCUT2D eigenvalue weighted by Crippen LogP contribution is -2.29. The van der Waals surface area contributed by atoms with Gasteiger partial charge in [-0.25, -0.2) is 0 Å². The average Bonchev–Trinajstić information content (AvgIpc) is 2.52. The third-order valence-corrected chi connectivity index (χ3v) is 4.17. The zero-order valence-electron chi connectivity index (χ0n) is 12.8. The van der Waals surface area contributed by atoms with E-state index in [9.17, 15) is 0 Å². The highest BCUT2D eigenvalue weighted by Gasteiger charge is 2.27. The smallest absolute Gasteiger partial charge is 0.124 e. The molecule has 2 heteroatoms. The van der Waals surface area contributed by atoms with Crippen LogP contribution in [0.2, 0.25) is 0 Å². The van der Waals surface area contributed by atoms with Gasteiger partial charge < -0.3 is 10.1 Å². The minimum absolute atomic E-state index is 0.313. The maximum absolute atomic E-state index is 5.84. The van der Waals surface area contributed by atoms with E-state index in [4.69, 9.17) is 4.74 Å². The summed E-state index contributed by atoms with van der Waals surface area (Å²) in [6.45, 7) is 5.24. The molecule has 3 rings (SSSR count). The van der Waals surface area contributed by atoms with Crippen LogP contribution in [0.15, 0.2) is 48.5 Å². The Morgan fingerprint density at radius 2 is 1.86 bits per heavy atom. The second-order valence-corrected chi connectivity index (χ2v) is 5.86. The van der Waals surface area contributed by atoms with Gasteiger partial charge in [0, 0.05) is 17.2 Å². The molecule has 0 radical (unpaired) electrons. The highest BCUT2D eigenvalue weighted by atomic mass is 16.5. The molecule has 0 spiro atoms. The zero-order valence-corrected chi connectivity index (χ0v) is 12.8. The van der Waals surface area contributed by atoms with Crippen molar-refractivity contribution in [2.45, 2.75) is 32.7 Å². The maximum Gasteiger partial charge on any atom is 0.124 e. The van der Waals surface area contributed by atoms with E-state index in [0.29, 0.717) is 12.0 Å². The van der Waals surface area contributed by atoms with E-state index in [1.807, 2.05) is 6.07 Å². The predicted octanol–water partition coefficient (Wildman–Crippen LogP) is 4.82. The number of para-hydroxylation sites is 2. The number of anilines is 1. The van der Waals surface area contributed by atoms with Crippen LogP contribution in [0.3, 0.4) is 0 Å². The van der Waals surface area contributed by atoms with Crippen LogP contribution in [0.4, 0.5) is 5.69 Å². The second kappa shape index (κ2) is 6.21. The van der Waals surface area contributed by atoms with Crippen LogP contribution in [0.25, 0.3) is 0 Å². The number of hydrogen-bond donors (Lipinski definition) is 1. The molecule has 2 unspecified atom stereocenters. The molecule has 0 amide bonds. The Morgan fingerprint density at radius 3 is 2.71 bits per heavy atom. The predicted molar refractivity (Wildman–Crippen MR) is 87.9 cm³/mol. The Morgan fingerprint density at radius 1 is 1.10 bits per heavy atom. The van der Waals surface area contributed by atoms with Crippen LogP contribution in [0.5, 0.6) is 5.75 Å². The molecule has 0 bridgehead atoms. The molecule has 0 saturated heterocycles. The van der Waals surface area contributed by atoms with Crippen LogP contribution in [-0.4, -0.2) is 6.61 Å². The topological polar surface area (TPSA) is 21.3 Å². The number of nitrogens with one attached hydrogen (secondary N) is 1. The minimum Gasteiger partial charge on any atom is -0.493 e. The summed E-state index contributed by atoms with van der Waals surface area (Å²) in [4.78, 5) is 0. The molecule has 1 heterocycles. The van der Waals surface area contributed by atoms with Crippen LogP contribution in [-0.2, 0) is 6.42 Å². The van der Waals surface area contributed by atoms with Crippen molar-refractivity contribution in [2.24, 2.45) is 5.92 Å². The Bertz CT molecular complexity index is 608. The SMILES string of the molecule is CCCc1ccccc1NC1c2ccccc2OCC1C. The van der Waals surface area contributed by atoms with Gasteiger partial charge in [0.15, 0.2) is 0 Å². The van der Waals surface area contributed by atoms with Crippen molar-refractivity contribution in [1.82, 2.24) is 0 Å². The fourth-order valence-electron chi connectivity index (χ4n) is 3.03. The molecular weight excluding hydrogens is 258 g/mol. The lowest BCUT2D eigenvalue weighted by Gasteiger charge is -2.33. The molecule has 0 aromatic heterocycles. The van der Waals surface area contributed by atoms with Gasteiger partial charge in [0.25, 0.3) is 0 Å². The number of aryl methyl sites for hydroxylation is 1. The van der Waals surface area contributed by atoms with Crippen LogP contribution in [0.1, 0.15) is 37.4 Å². The highest BCUT2D eigenvalue weighted by molar-refractivity contribution is 5.54. The largest absolute Gasteiger partial charge is 0.493 e. The molecule has 0 aliphatic carbocycles. The summed E-state index contributed by atoms with van der Waals surface area (Å²) in [6.07, 6.45) is 2.28. The third-order valence-electron chi connectivity index (χ3n) is 4.17. The lowest BCUT2D eigenvalue weighted by molar-refractivity contribution is 0.214. The normalized spacial score (nSPS) is 20.5. The van der Waals surface area contributed by atoms with Crippen LogP contribution in [0, 0.1) is 5.92 Å². The summed E-state index contributed by atoms with van der Waals surface area (Å²) in [6, 6.07) is 17.3. The number of benzene rings is 2. The van der Waals surface area contributed by atoms with Crippen molar-refractivity contribution in [2.75, 3.05) is 11.9 Å². The summed E-state index contributed by atoms with van der Waals surface area (Å²) in [5, 5.41) is 3.76. The fourth-order valence-corrected chi connectivity index (χ4v) is 3.03. The summed E-state index contributed by atoms with van der Waals surface area (Å²) in [5.41, 5.74) is 3.92. The van der Waals surface area contributed by atoms with Gasteiger partial charge in [-0.15, -0.1) is 0 Å². The average molecular weight is 281 g/mol. The molecule has 2 nitrogen and oxygen atoms in total. The van der Waals surface area contributed by atoms with Crippen molar-refractivity contribution in [1.29, 1.82) is 0 Å². The molecular formula is C19H23NO. The van der Waals surface area contributed by atoms with Gasteiger partial charge in [-0.3, -0.25) is 0 Å². The van der Waals surface area contributed by atoms with E-state index in [-0.39, 0.29) is 0 Å². The van der Waals surface area contributed by atoms with E-state index in [0.717, 1.165) is 18.8 Å². The first-order valence-corrected chi connectivity index (χ1v) is 7.85. The van der Waals surface area contributed by atoms with Crippen molar-refractivity contribution >= 4 is 5.69 Å². The molecule has 0 fully saturated rings. The van der Waals surface area contributed by atoms with Gasteiger partial charge >= 0.3 is 0 Å². The maximum atomic E-state index is 5.84. The highest BCUT2D eigenvalue weighted by Crippen LogP contribution is 2.37. The molecule has 1 aliphatic heterocycles. The van der Waals surface area contributed by atoms with E-state index in [2.05, 4.69) is 61.6 Å². The fraction of sp³-hybridized carbons (Fsp3) is 0.368. The monoisotopic (exact) mass is 281 g/mol. The molecule has 2 aromatic rings. The first kappa shape index (κ1) is 14.0. The van der Waals surface area contributed by atoms with E-state index in [1.54, 1.807) is 0 Å². The number of hydrogen-bond acceptors (Lipinski definition) is 2. The van der Waals surface area contributed by atoms with Crippen LogP contribution >= 0.6 is 0 Å². The Labute approximate surface area is 127 Å². The van der Waals surface area contributed by atoms with Gasteiger partial charge in [-0.05, 0) is 24.1 Å². The van der Waals surface area contributed by atoms with E-state index < -0.39 is 0 Å². The molecule has 110 valence electrons. The molecule has 2 atom stereocenters. The van der Waals surface area contributed by atoms with Crippen molar-refractivity contribution in [3.63, 3.8) is 0 Å². The summed E-state index contributed by atoms with van der Waals surface area (Å²) >= 11 is 0. The van der Waals surface area contributed by atoms with Gasteiger partial charge in [0.1, 0.15) is 5.75 Å².